The molecule has 3 heterocycles. The summed E-state index contributed by atoms with van der Waals surface area (Å²) in [5.41, 5.74) is 1.38. The first-order chi connectivity index (χ1) is 12.1. The molecule has 0 saturated heterocycles. The van der Waals surface area contributed by atoms with Gasteiger partial charge in [0, 0.05) is 16.3 Å². The van der Waals surface area contributed by atoms with E-state index in [0.717, 1.165) is 28.1 Å². The summed E-state index contributed by atoms with van der Waals surface area (Å²) < 4.78 is 4.98. The average Bonchev–Trinajstić information content (AvgIpc) is 3.18. The van der Waals surface area contributed by atoms with Crippen molar-refractivity contribution in [2.24, 2.45) is 0 Å². The molecule has 25 heavy (non-hydrogen) atoms. The van der Waals surface area contributed by atoms with Crippen LogP contribution in [0.5, 0.6) is 0 Å². The van der Waals surface area contributed by atoms with Crippen LogP contribution in [0, 0.1) is 6.92 Å². The minimum absolute atomic E-state index is 0.117. The second-order valence-electron chi connectivity index (χ2n) is 6.14. The Hall–Kier alpha value is -1.93. The van der Waals surface area contributed by atoms with E-state index < -0.39 is 0 Å². The van der Waals surface area contributed by atoms with Crippen LogP contribution in [0.15, 0.2) is 21.9 Å². The van der Waals surface area contributed by atoms with Crippen molar-refractivity contribution in [3.05, 3.63) is 28.6 Å². The van der Waals surface area contributed by atoms with Crippen LogP contribution in [-0.4, -0.2) is 26.3 Å². The largest absolute Gasteiger partial charge is 0.360 e. The molecule has 3 aromatic rings. The zero-order valence-corrected chi connectivity index (χ0v) is 15.7. The van der Waals surface area contributed by atoms with Crippen molar-refractivity contribution in [1.82, 2.24) is 15.1 Å². The fourth-order valence-electron chi connectivity index (χ4n) is 3.02. The van der Waals surface area contributed by atoms with Crippen LogP contribution in [0.4, 0.5) is 5.82 Å². The Labute approximate surface area is 153 Å². The van der Waals surface area contributed by atoms with Gasteiger partial charge in [0.2, 0.25) is 5.91 Å². The van der Waals surface area contributed by atoms with Crippen LogP contribution >= 0.6 is 23.1 Å². The fourth-order valence-corrected chi connectivity index (χ4v) is 5.26. The van der Waals surface area contributed by atoms with E-state index in [-0.39, 0.29) is 11.2 Å². The standard InChI is InChI=1S/C17H18N4O2S2/c1-9-7-13(21-23-9)20-15(22)10(2)24-16-14-11-5-3-4-6-12(11)25-17(14)19-8-18-16/h7-8,10H,3-6H2,1-2H3,(H,20,21,22). The summed E-state index contributed by atoms with van der Waals surface area (Å²) >= 11 is 3.24. The molecule has 0 aromatic carbocycles. The summed E-state index contributed by atoms with van der Waals surface area (Å²) in [6, 6.07) is 1.70. The van der Waals surface area contributed by atoms with Crippen molar-refractivity contribution in [2.45, 2.75) is 49.8 Å². The Morgan fingerprint density at radius 2 is 2.20 bits per heavy atom. The number of anilines is 1. The molecule has 8 heteroatoms. The molecule has 0 fully saturated rings. The summed E-state index contributed by atoms with van der Waals surface area (Å²) in [4.78, 5) is 23.8. The number of aromatic nitrogens is 3. The number of nitrogens with one attached hydrogen (secondary N) is 1. The third kappa shape index (κ3) is 3.28. The number of thioether (sulfide) groups is 1. The van der Waals surface area contributed by atoms with E-state index in [2.05, 4.69) is 20.4 Å². The van der Waals surface area contributed by atoms with Crippen LogP contribution in [0.2, 0.25) is 0 Å². The van der Waals surface area contributed by atoms with Gasteiger partial charge < -0.3 is 9.84 Å². The molecular weight excluding hydrogens is 356 g/mol. The predicted octanol–water partition coefficient (Wildman–Crippen LogP) is 3.99. The molecule has 1 unspecified atom stereocenters. The number of fused-ring (bicyclic) bond motifs is 3. The number of thiophene rings is 1. The fraction of sp³-hybridized carbons (Fsp3) is 0.412. The summed E-state index contributed by atoms with van der Waals surface area (Å²) in [5, 5.41) is 8.32. The van der Waals surface area contributed by atoms with Crippen molar-refractivity contribution in [3.8, 4) is 0 Å². The quantitative estimate of drug-likeness (QED) is 0.549. The molecule has 0 aliphatic heterocycles. The first-order valence-electron chi connectivity index (χ1n) is 8.28. The summed E-state index contributed by atoms with van der Waals surface area (Å²) in [6.07, 6.45) is 6.25. The number of carbonyl (C=O) groups is 1. The first-order valence-corrected chi connectivity index (χ1v) is 9.97. The lowest BCUT2D eigenvalue weighted by atomic mass is 9.97. The van der Waals surface area contributed by atoms with E-state index in [1.165, 1.54) is 35.0 Å². The van der Waals surface area contributed by atoms with Crippen LogP contribution in [0.3, 0.4) is 0 Å². The third-order valence-electron chi connectivity index (χ3n) is 4.25. The minimum Gasteiger partial charge on any atom is -0.360 e. The van der Waals surface area contributed by atoms with E-state index in [4.69, 9.17) is 4.52 Å². The number of aryl methyl sites for hydroxylation is 3. The van der Waals surface area contributed by atoms with E-state index in [0.29, 0.717) is 11.6 Å². The molecule has 0 radical (unpaired) electrons. The van der Waals surface area contributed by atoms with Gasteiger partial charge in [-0.25, -0.2) is 9.97 Å². The highest BCUT2D eigenvalue weighted by molar-refractivity contribution is 8.00. The monoisotopic (exact) mass is 374 g/mol. The molecule has 0 saturated carbocycles. The second kappa shape index (κ2) is 6.76. The third-order valence-corrected chi connectivity index (χ3v) is 6.55. The Kier molecular flexibility index (Phi) is 4.47. The lowest BCUT2D eigenvalue weighted by Gasteiger charge is -2.13. The minimum atomic E-state index is -0.297. The van der Waals surface area contributed by atoms with E-state index in [1.54, 1.807) is 30.7 Å². The van der Waals surface area contributed by atoms with Crippen LogP contribution in [0.25, 0.3) is 10.2 Å². The summed E-state index contributed by atoms with van der Waals surface area (Å²) in [5.74, 6) is 0.989. The van der Waals surface area contributed by atoms with Gasteiger partial charge in [-0.15, -0.1) is 11.3 Å². The maximum Gasteiger partial charge on any atom is 0.238 e. The Morgan fingerprint density at radius 3 is 3.00 bits per heavy atom. The van der Waals surface area contributed by atoms with Gasteiger partial charge in [-0.2, -0.15) is 0 Å². The zero-order chi connectivity index (χ0) is 17.4. The van der Waals surface area contributed by atoms with Gasteiger partial charge in [0.25, 0.3) is 0 Å². The van der Waals surface area contributed by atoms with Gasteiger partial charge in [-0.3, -0.25) is 4.79 Å². The number of amides is 1. The zero-order valence-electron chi connectivity index (χ0n) is 14.0. The van der Waals surface area contributed by atoms with E-state index in [9.17, 15) is 4.79 Å². The van der Waals surface area contributed by atoms with Crippen molar-refractivity contribution in [3.63, 3.8) is 0 Å². The van der Waals surface area contributed by atoms with Crippen molar-refractivity contribution < 1.29 is 9.32 Å². The first kappa shape index (κ1) is 16.5. The lowest BCUT2D eigenvalue weighted by molar-refractivity contribution is -0.115. The van der Waals surface area contributed by atoms with E-state index in [1.807, 2.05) is 6.92 Å². The van der Waals surface area contributed by atoms with Gasteiger partial charge in [-0.05, 0) is 45.1 Å². The molecule has 0 spiro atoms. The molecule has 6 nitrogen and oxygen atoms in total. The number of nitrogens with zero attached hydrogens (tertiary/aromatic N) is 3. The topological polar surface area (TPSA) is 80.9 Å². The van der Waals surface area contributed by atoms with Crippen molar-refractivity contribution in [2.75, 3.05) is 5.32 Å². The molecule has 1 aliphatic carbocycles. The molecule has 0 bridgehead atoms. The summed E-state index contributed by atoms with van der Waals surface area (Å²) in [6.45, 7) is 3.66. The van der Waals surface area contributed by atoms with Gasteiger partial charge in [0.15, 0.2) is 5.82 Å². The molecule has 1 aliphatic rings. The maximum absolute atomic E-state index is 12.4. The smallest absolute Gasteiger partial charge is 0.238 e. The normalized spacial score (nSPS) is 15.1. The highest BCUT2D eigenvalue weighted by Gasteiger charge is 2.23. The van der Waals surface area contributed by atoms with Gasteiger partial charge >= 0.3 is 0 Å². The summed E-state index contributed by atoms with van der Waals surface area (Å²) in [7, 11) is 0. The Balaban J connectivity index is 1.57. The highest BCUT2D eigenvalue weighted by Crippen LogP contribution is 2.40. The Bertz CT molecular complexity index is 934. The highest BCUT2D eigenvalue weighted by atomic mass is 32.2. The molecule has 1 atom stereocenters. The second-order valence-corrected chi connectivity index (χ2v) is 8.56. The molecule has 1 N–H and O–H groups in total. The van der Waals surface area contributed by atoms with E-state index >= 15 is 0 Å². The van der Waals surface area contributed by atoms with Crippen molar-refractivity contribution in [1.29, 1.82) is 0 Å². The van der Waals surface area contributed by atoms with Gasteiger partial charge in [0.1, 0.15) is 21.9 Å². The van der Waals surface area contributed by atoms with Crippen molar-refractivity contribution >= 4 is 45.0 Å². The average molecular weight is 374 g/mol. The molecule has 4 rings (SSSR count). The Morgan fingerprint density at radius 1 is 1.36 bits per heavy atom. The SMILES string of the molecule is Cc1cc(NC(=O)C(C)Sc2ncnc3sc4c(c23)CCCC4)no1. The molecule has 130 valence electrons. The molecule has 3 aromatic heterocycles. The predicted molar refractivity (Wildman–Crippen MR) is 99.2 cm³/mol. The molecular formula is C17H18N4O2S2. The van der Waals surface area contributed by atoms with Gasteiger partial charge in [0.05, 0.1) is 5.25 Å². The van der Waals surface area contributed by atoms with Crippen LogP contribution < -0.4 is 5.32 Å². The maximum atomic E-state index is 12.4. The number of rotatable bonds is 4. The lowest BCUT2D eigenvalue weighted by Crippen LogP contribution is -2.22. The van der Waals surface area contributed by atoms with Crippen LogP contribution in [-0.2, 0) is 17.6 Å². The van der Waals surface area contributed by atoms with Crippen LogP contribution in [0.1, 0.15) is 36.0 Å². The number of hydrogen-bond donors (Lipinski definition) is 1. The number of carbonyl (C=O) groups excluding carboxylic acids is 1. The molecule has 1 amide bonds. The van der Waals surface area contributed by atoms with Gasteiger partial charge in [-0.1, -0.05) is 16.9 Å². The number of hydrogen-bond acceptors (Lipinski definition) is 7.